The van der Waals surface area contributed by atoms with E-state index in [1.165, 1.54) is 19.4 Å². The van der Waals surface area contributed by atoms with Crippen molar-refractivity contribution < 1.29 is 29.0 Å². The monoisotopic (exact) mass is 542 g/mol. The Balaban J connectivity index is 1.62. The molecular weight excluding hydrogens is 492 g/mol. The molecule has 0 amide bonds. The second kappa shape index (κ2) is 11.5. The zero-order chi connectivity index (χ0) is 28.7. The highest BCUT2D eigenvalue weighted by Gasteiger charge is 2.63. The number of carbonyl (C=O) groups is 3. The van der Waals surface area contributed by atoms with Gasteiger partial charge in [0.2, 0.25) is 0 Å². The lowest BCUT2D eigenvalue weighted by molar-refractivity contribution is -0.152. The number of allylic oxidation sites excluding steroid dienone is 3. The van der Waals surface area contributed by atoms with E-state index in [0.717, 1.165) is 50.5 Å². The van der Waals surface area contributed by atoms with E-state index in [2.05, 4.69) is 19.9 Å². The smallest absolute Gasteiger partial charge is 0.302 e. The first-order chi connectivity index (χ1) is 18.3. The lowest BCUT2D eigenvalue weighted by Crippen LogP contribution is -2.51. The Kier molecular flexibility index (Phi) is 8.85. The molecule has 10 atom stereocenters. The Hall–Kier alpha value is -1.95. The highest BCUT2D eigenvalue weighted by Crippen LogP contribution is 2.67. The molecule has 0 unspecified atom stereocenters. The summed E-state index contributed by atoms with van der Waals surface area (Å²) in [5.41, 5.74) is 2.24. The second-order valence-electron chi connectivity index (χ2n) is 13.6. The van der Waals surface area contributed by atoms with Gasteiger partial charge in [-0.2, -0.15) is 0 Å². The lowest BCUT2D eigenvalue weighted by Gasteiger charge is -2.58. The minimum Gasteiger partial charge on any atom is -0.462 e. The van der Waals surface area contributed by atoms with Crippen LogP contribution in [0.4, 0.5) is 0 Å². The van der Waals surface area contributed by atoms with E-state index in [4.69, 9.17) is 9.47 Å². The molecule has 0 aliphatic heterocycles. The van der Waals surface area contributed by atoms with Crippen LogP contribution < -0.4 is 0 Å². The van der Waals surface area contributed by atoms with Crippen LogP contribution in [0.1, 0.15) is 99.8 Å². The van der Waals surface area contributed by atoms with Gasteiger partial charge in [-0.05, 0) is 91.9 Å². The number of aliphatic hydroxyl groups excluding tert-OH is 1. The van der Waals surface area contributed by atoms with Crippen LogP contribution in [0.2, 0.25) is 0 Å². The summed E-state index contributed by atoms with van der Waals surface area (Å²) >= 11 is 0. The molecule has 0 saturated heterocycles. The molecule has 0 heterocycles. The van der Waals surface area contributed by atoms with Gasteiger partial charge in [0.25, 0.3) is 0 Å². The fraction of sp³-hybridized carbons (Fsp3) is 0.788. The fourth-order valence-corrected chi connectivity index (χ4v) is 9.47. The maximum absolute atomic E-state index is 13.9. The van der Waals surface area contributed by atoms with Crippen molar-refractivity contribution in [3.05, 3.63) is 23.3 Å². The summed E-state index contributed by atoms with van der Waals surface area (Å²) in [7, 11) is 0. The number of esters is 2. The SMILES string of the molecule is C/C=C(\C[C@@H](C)CO)C(=O)[C@@H](C)[C@H]1[C@@H](OC(C)=O)C[C@H]2[C@@H]3CC=C4C[C@@H](OC(C)=O)CC[C@]4(C)[C@H]3CC[C@]12C. The van der Waals surface area contributed by atoms with Crippen molar-refractivity contribution >= 4 is 17.7 Å². The second-order valence-corrected chi connectivity index (χ2v) is 13.6. The molecule has 3 saturated carbocycles. The van der Waals surface area contributed by atoms with Crippen LogP contribution in [0.3, 0.4) is 0 Å². The van der Waals surface area contributed by atoms with Crippen LogP contribution >= 0.6 is 0 Å². The van der Waals surface area contributed by atoms with E-state index in [9.17, 15) is 19.5 Å². The van der Waals surface area contributed by atoms with Crippen molar-refractivity contribution in [1.82, 2.24) is 0 Å². The summed E-state index contributed by atoms with van der Waals surface area (Å²) in [6, 6.07) is 0. The summed E-state index contributed by atoms with van der Waals surface area (Å²) in [4.78, 5) is 37.7. The molecule has 218 valence electrons. The Labute approximate surface area is 235 Å². The van der Waals surface area contributed by atoms with E-state index < -0.39 is 0 Å². The van der Waals surface area contributed by atoms with Gasteiger partial charge in [0, 0.05) is 38.7 Å². The van der Waals surface area contributed by atoms with E-state index >= 15 is 0 Å². The first kappa shape index (κ1) is 30.0. The van der Waals surface area contributed by atoms with Gasteiger partial charge in [-0.15, -0.1) is 0 Å². The van der Waals surface area contributed by atoms with Crippen LogP contribution in [0.15, 0.2) is 23.3 Å². The van der Waals surface area contributed by atoms with Gasteiger partial charge in [0.1, 0.15) is 12.2 Å². The predicted molar refractivity (Wildman–Crippen MR) is 150 cm³/mol. The molecule has 1 N–H and O–H groups in total. The number of carbonyl (C=O) groups excluding carboxylic acids is 3. The van der Waals surface area contributed by atoms with Crippen molar-refractivity contribution in [3.8, 4) is 0 Å². The summed E-state index contributed by atoms with van der Waals surface area (Å²) in [6.45, 7) is 13.7. The predicted octanol–water partition coefficient (Wildman–Crippen LogP) is 6.21. The number of rotatable bonds is 8. The minimum atomic E-state index is -0.273. The van der Waals surface area contributed by atoms with Crippen molar-refractivity contribution in [2.75, 3.05) is 6.61 Å². The number of ether oxygens (including phenoxy) is 2. The third-order valence-corrected chi connectivity index (χ3v) is 11.3. The maximum atomic E-state index is 13.9. The molecule has 4 rings (SSSR count). The fourth-order valence-electron chi connectivity index (χ4n) is 9.47. The zero-order valence-electron chi connectivity index (χ0n) is 25.1. The number of ketones is 1. The van der Waals surface area contributed by atoms with Crippen molar-refractivity contribution in [2.45, 2.75) is 112 Å². The Morgan fingerprint density at radius 3 is 2.38 bits per heavy atom. The summed E-state index contributed by atoms with van der Waals surface area (Å²) in [6.07, 6.45) is 11.3. The molecule has 39 heavy (non-hydrogen) atoms. The van der Waals surface area contributed by atoms with Crippen LogP contribution in [-0.2, 0) is 23.9 Å². The molecule has 0 aromatic heterocycles. The average molecular weight is 543 g/mol. The minimum absolute atomic E-state index is 0.0160. The molecule has 4 aliphatic rings. The Bertz CT molecular complexity index is 1030. The molecule has 0 aromatic rings. The van der Waals surface area contributed by atoms with Crippen LogP contribution in [-0.4, -0.2) is 41.6 Å². The van der Waals surface area contributed by atoms with E-state index in [1.807, 2.05) is 26.8 Å². The van der Waals surface area contributed by atoms with Crippen LogP contribution in [0.25, 0.3) is 0 Å². The van der Waals surface area contributed by atoms with Crippen molar-refractivity contribution in [2.24, 2.45) is 46.3 Å². The standard InChI is InChI=1S/C33H50O6/c1-8-23(15-19(2)18-34)31(37)20(3)30-29(39-22(5)36)17-28-26-10-9-24-16-25(38-21(4)35)11-13-32(24,6)27(26)12-14-33(28,30)7/h8-9,19-20,25-30,34H,10-18H2,1-7H3/b23-8+/t19-,20+,25+,26-,27+,28+,29+,30+,32+,33+/m1/s1. The molecule has 4 aliphatic carbocycles. The van der Waals surface area contributed by atoms with E-state index in [-0.39, 0.29) is 65.1 Å². The molecule has 0 radical (unpaired) electrons. The Morgan fingerprint density at radius 2 is 1.77 bits per heavy atom. The highest BCUT2D eigenvalue weighted by atomic mass is 16.5. The van der Waals surface area contributed by atoms with Gasteiger partial charge in [0.05, 0.1) is 0 Å². The number of Topliss-reactive ketones (excluding diaryl/α,β-unsaturated/α-hetero) is 1. The summed E-state index contributed by atoms with van der Waals surface area (Å²) < 4.78 is 11.6. The molecule has 3 fully saturated rings. The summed E-state index contributed by atoms with van der Waals surface area (Å²) in [5.74, 6) is 0.813. The van der Waals surface area contributed by atoms with Crippen molar-refractivity contribution in [3.63, 3.8) is 0 Å². The van der Waals surface area contributed by atoms with E-state index in [0.29, 0.717) is 24.2 Å². The summed E-state index contributed by atoms with van der Waals surface area (Å²) in [5, 5.41) is 9.59. The lowest BCUT2D eigenvalue weighted by atomic mass is 9.47. The zero-order valence-corrected chi connectivity index (χ0v) is 25.1. The number of hydrogen-bond acceptors (Lipinski definition) is 6. The third kappa shape index (κ3) is 5.52. The topological polar surface area (TPSA) is 89.9 Å². The van der Waals surface area contributed by atoms with Crippen LogP contribution in [0, 0.1) is 46.3 Å². The number of fused-ring (bicyclic) bond motifs is 5. The average Bonchev–Trinajstić information content (AvgIpc) is 3.17. The Morgan fingerprint density at radius 1 is 1.08 bits per heavy atom. The third-order valence-electron chi connectivity index (χ3n) is 11.3. The quantitative estimate of drug-likeness (QED) is 0.223. The largest absolute Gasteiger partial charge is 0.462 e. The highest BCUT2D eigenvalue weighted by molar-refractivity contribution is 5.97. The first-order valence-electron chi connectivity index (χ1n) is 15.2. The molecule has 6 heteroatoms. The molecule has 0 aromatic carbocycles. The molecule has 0 spiro atoms. The normalized spacial score (nSPS) is 39.4. The van der Waals surface area contributed by atoms with Gasteiger partial charge in [0.15, 0.2) is 5.78 Å². The van der Waals surface area contributed by atoms with Gasteiger partial charge >= 0.3 is 11.9 Å². The number of hydrogen-bond donors (Lipinski definition) is 1. The van der Waals surface area contributed by atoms with Crippen molar-refractivity contribution in [1.29, 1.82) is 0 Å². The maximum Gasteiger partial charge on any atom is 0.302 e. The van der Waals surface area contributed by atoms with Gasteiger partial charge in [-0.25, -0.2) is 0 Å². The number of aliphatic hydroxyl groups is 1. The van der Waals surface area contributed by atoms with Gasteiger partial charge in [-0.1, -0.05) is 45.4 Å². The molecule has 6 nitrogen and oxygen atoms in total. The van der Waals surface area contributed by atoms with Gasteiger partial charge < -0.3 is 14.6 Å². The van der Waals surface area contributed by atoms with Gasteiger partial charge in [-0.3, -0.25) is 14.4 Å². The molecular formula is C33H50O6. The first-order valence-corrected chi connectivity index (χ1v) is 15.2. The van der Waals surface area contributed by atoms with E-state index in [1.54, 1.807) is 0 Å². The molecule has 0 bridgehead atoms. The van der Waals surface area contributed by atoms with Crippen LogP contribution in [0.5, 0.6) is 0 Å².